The van der Waals surface area contributed by atoms with E-state index in [0.717, 1.165) is 10.0 Å². The molecule has 1 aliphatic heterocycles. The lowest BCUT2D eigenvalue weighted by molar-refractivity contribution is -0.128. The summed E-state index contributed by atoms with van der Waals surface area (Å²) in [6.45, 7) is 0.971. The average molecular weight is 359 g/mol. The number of amides is 2. The first-order valence-electron chi connectivity index (χ1n) is 7.06. The van der Waals surface area contributed by atoms with Crippen LogP contribution in [0.15, 0.2) is 59.1 Å². The van der Waals surface area contributed by atoms with Gasteiger partial charge in [-0.3, -0.25) is 9.59 Å². The van der Waals surface area contributed by atoms with Gasteiger partial charge in [-0.1, -0.05) is 52.3 Å². The Hall–Kier alpha value is -2.14. The summed E-state index contributed by atoms with van der Waals surface area (Å²) >= 11 is 3.38. The Morgan fingerprint density at radius 2 is 1.91 bits per heavy atom. The SMILES string of the molecule is O=C1NCCN(C(=O)c2cccc(Br)c2)C1c1ccccc1. The van der Waals surface area contributed by atoms with Gasteiger partial charge in [0.2, 0.25) is 5.91 Å². The summed E-state index contributed by atoms with van der Waals surface area (Å²) in [6.07, 6.45) is 0. The fourth-order valence-electron chi connectivity index (χ4n) is 2.64. The Morgan fingerprint density at radius 3 is 2.64 bits per heavy atom. The zero-order valence-corrected chi connectivity index (χ0v) is 13.4. The first-order chi connectivity index (χ1) is 10.7. The number of nitrogens with zero attached hydrogens (tertiary/aromatic N) is 1. The number of piperazine rings is 1. The van der Waals surface area contributed by atoms with E-state index in [1.165, 1.54) is 0 Å². The third-order valence-corrected chi connectivity index (χ3v) is 4.15. The molecule has 1 fully saturated rings. The highest BCUT2D eigenvalue weighted by Gasteiger charge is 2.34. The predicted molar refractivity (Wildman–Crippen MR) is 87.4 cm³/mol. The smallest absolute Gasteiger partial charge is 0.254 e. The summed E-state index contributed by atoms with van der Waals surface area (Å²) in [4.78, 5) is 26.7. The molecule has 4 nitrogen and oxygen atoms in total. The van der Waals surface area contributed by atoms with Gasteiger partial charge >= 0.3 is 0 Å². The lowest BCUT2D eigenvalue weighted by Crippen LogP contribution is -2.52. The lowest BCUT2D eigenvalue weighted by atomic mass is 10.0. The van der Waals surface area contributed by atoms with Crippen molar-refractivity contribution in [1.82, 2.24) is 10.2 Å². The van der Waals surface area contributed by atoms with E-state index in [1.807, 2.05) is 42.5 Å². The Labute approximate surface area is 137 Å². The van der Waals surface area contributed by atoms with Crippen LogP contribution in [0.3, 0.4) is 0 Å². The van der Waals surface area contributed by atoms with E-state index in [-0.39, 0.29) is 11.8 Å². The molecule has 0 aliphatic carbocycles. The third kappa shape index (κ3) is 2.90. The fourth-order valence-corrected chi connectivity index (χ4v) is 3.04. The summed E-state index contributed by atoms with van der Waals surface area (Å²) in [7, 11) is 0. The molecule has 1 N–H and O–H groups in total. The molecule has 1 saturated heterocycles. The molecular weight excluding hydrogens is 344 g/mol. The molecule has 3 rings (SSSR count). The van der Waals surface area contributed by atoms with Gasteiger partial charge in [-0.2, -0.15) is 0 Å². The zero-order chi connectivity index (χ0) is 15.5. The standard InChI is InChI=1S/C17H15BrN2O2/c18-14-8-4-7-13(11-14)17(22)20-10-9-19-16(21)15(20)12-5-2-1-3-6-12/h1-8,11,15H,9-10H2,(H,19,21). The summed E-state index contributed by atoms with van der Waals surface area (Å²) in [5, 5.41) is 2.84. The number of benzene rings is 2. The van der Waals surface area contributed by atoms with Crippen molar-refractivity contribution in [3.63, 3.8) is 0 Å². The minimum absolute atomic E-state index is 0.134. The van der Waals surface area contributed by atoms with Crippen molar-refractivity contribution < 1.29 is 9.59 Å². The van der Waals surface area contributed by atoms with Gasteiger partial charge in [0.25, 0.3) is 5.91 Å². The second-order valence-corrected chi connectivity index (χ2v) is 6.03. The van der Waals surface area contributed by atoms with Crippen LogP contribution in [0.1, 0.15) is 22.0 Å². The van der Waals surface area contributed by atoms with Crippen LogP contribution in [0.4, 0.5) is 0 Å². The second kappa shape index (κ2) is 6.32. The zero-order valence-electron chi connectivity index (χ0n) is 11.8. The lowest BCUT2D eigenvalue weighted by Gasteiger charge is -2.35. The minimum atomic E-state index is -0.582. The van der Waals surface area contributed by atoms with E-state index in [0.29, 0.717) is 18.7 Å². The van der Waals surface area contributed by atoms with E-state index in [4.69, 9.17) is 0 Å². The van der Waals surface area contributed by atoms with Crippen molar-refractivity contribution in [3.8, 4) is 0 Å². The highest BCUT2D eigenvalue weighted by Crippen LogP contribution is 2.25. The molecule has 1 aliphatic rings. The molecule has 2 aromatic carbocycles. The van der Waals surface area contributed by atoms with Crippen LogP contribution in [0.25, 0.3) is 0 Å². The van der Waals surface area contributed by atoms with Crippen LogP contribution in [0.2, 0.25) is 0 Å². The van der Waals surface area contributed by atoms with E-state index in [2.05, 4.69) is 21.2 Å². The van der Waals surface area contributed by atoms with Crippen molar-refractivity contribution >= 4 is 27.7 Å². The van der Waals surface area contributed by atoms with Gasteiger partial charge < -0.3 is 10.2 Å². The Balaban J connectivity index is 1.96. The summed E-state index contributed by atoms with van der Waals surface area (Å²) in [5.41, 5.74) is 1.40. The molecule has 0 radical (unpaired) electrons. The van der Waals surface area contributed by atoms with Crippen LogP contribution >= 0.6 is 15.9 Å². The maximum atomic E-state index is 12.8. The van der Waals surface area contributed by atoms with E-state index < -0.39 is 6.04 Å². The number of carbonyl (C=O) groups is 2. The number of rotatable bonds is 2. The van der Waals surface area contributed by atoms with Crippen molar-refractivity contribution in [2.75, 3.05) is 13.1 Å². The molecule has 1 heterocycles. The fraction of sp³-hybridized carbons (Fsp3) is 0.176. The third-order valence-electron chi connectivity index (χ3n) is 3.66. The molecule has 2 aromatic rings. The number of halogens is 1. The molecule has 0 bridgehead atoms. The van der Waals surface area contributed by atoms with Gasteiger partial charge in [0, 0.05) is 23.1 Å². The van der Waals surface area contributed by atoms with Crippen LogP contribution < -0.4 is 5.32 Å². The van der Waals surface area contributed by atoms with Crippen LogP contribution in [-0.4, -0.2) is 29.8 Å². The normalized spacial score (nSPS) is 18.0. The molecule has 0 aromatic heterocycles. The Kier molecular flexibility index (Phi) is 4.24. The Bertz CT molecular complexity index is 703. The summed E-state index contributed by atoms with van der Waals surface area (Å²) in [6, 6.07) is 16.0. The van der Waals surface area contributed by atoms with E-state index in [9.17, 15) is 9.59 Å². The first-order valence-corrected chi connectivity index (χ1v) is 7.85. The molecule has 5 heteroatoms. The predicted octanol–water partition coefficient (Wildman–Crippen LogP) is 2.76. The van der Waals surface area contributed by atoms with Gasteiger partial charge in [0.15, 0.2) is 0 Å². The molecular formula is C17H15BrN2O2. The molecule has 0 spiro atoms. The number of hydrogen-bond donors (Lipinski definition) is 1. The molecule has 0 saturated carbocycles. The first kappa shape index (κ1) is 14.8. The highest BCUT2D eigenvalue weighted by atomic mass is 79.9. The molecule has 1 unspecified atom stereocenters. The number of carbonyl (C=O) groups excluding carboxylic acids is 2. The maximum Gasteiger partial charge on any atom is 0.254 e. The van der Waals surface area contributed by atoms with Crippen molar-refractivity contribution in [2.24, 2.45) is 0 Å². The van der Waals surface area contributed by atoms with Gasteiger partial charge in [0.05, 0.1) is 0 Å². The number of nitrogens with one attached hydrogen (secondary N) is 1. The largest absolute Gasteiger partial charge is 0.352 e. The van der Waals surface area contributed by atoms with Gasteiger partial charge in [0.1, 0.15) is 6.04 Å². The minimum Gasteiger partial charge on any atom is -0.352 e. The van der Waals surface area contributed by atoms with Gasteiger partial charge in [-0.15, -0.1) is 0 Å². The van der Waals surface area contributed by atoms with Crippen molar-refractivity contribution in [3.05, 3.63) is 70.2 Å². The van der Waals surface area contributed by atoms with Crippen LogP contribution in [-0.2, 0) is 4.79 Å². The van der Waals surface area contributed by atoms with E-state index >= 15 is 0 Å². The molecule has 22 heavy (non-hydrogen) atoms. The number of hydrogen-bond acceptors (Lipinski definition) is 2. The van der Waals surface area contributed by atoms with Gasteiger partial charge in [-0.05, 0) is 23.8 Å². The monoisotopic (exact) mass is 358 g/mol. The summed E-state index contributed by atoms with van der Waals surface area (Å²) in [5.74, 6) is -0.272. The van der Waals surface area contributed by atoms with Gasteiger partial charge in [-0.25, -0.2) is 0 Å². The quantitative estimate of drug-likeness (QED) is 0.897. The van der Waals surface area contributed by atoms with Crippen molar-refractivity contribution in [1.29, 1.82) is 0 Å². The van der Waals surface area contributed by atoms with Crippen LogP contribution in [0, 0.1) is 0 Å². The van der Waals surface area contributed by atoms with E-state index in [1.54, 1.807) is 17.0 Å². The maximum absolute atomic E-state index is 12.8. The Morgan fingerprint density at radius 1 is 1.14 bits per heavy atom. The second-order valence-electron chi connectivity index (χ2n) is 5.11. The topological polar surface area (TPSA) is 49.4 Å². The molecule has 1 atom stereocenters. The highest BCUT2D eigenvalue weighted by molar-refractivity contribution is 9.10. The average Bonchev–Trinajstić information content (AvgIpc) is 2.55. The molecule has 2 amide bonds. The van der Waals surface area contributed by atoms with Crippen LogP contribution in [0.5, 0.6) is 0 Å². The molecule has 112 valence electrons. The van der Waals surface area contributed by atoms with Crippen molar-refractivity contribution in [2.45, 2.75) is 6.04 Å². The summed E-state index contributed by atoms with van der Waals surface area (Å²) < 4.78 is 0.844.